The van der Waals surface area contributed by atoms with Gasteiger partial charge in [0.25, 0.3) is 0 Å². The Kier molecular flexibility index (Phi) is 9.09. The number of nitrogens with zero attached hydrogens (tertiary/aromatic N) is 1. The zero-order chi connectivity index (χ0) is 11.8. The van der Waals surface area contributed by atoms with Crippen molar-refractivity contribution in [2.24, 2.45) is 5.73 Å². The van der Waals surface area contributed by atoms with Gasteiger partial charge in [0.2, 0.25) is 0 Å². The van der Waals surface area contributed by atoms with Crippen molar-refractivity contribution in [1.29, 1.82) is 0 Å². The average molecular weight is 259 g/mol. The van der Waals surface area contributed by atoms with E-state index in [1.54, 1.807) is 0 Å². The number of aryl methyl sites for hydroxylation is 1. The molecule has 0 radical (unpaired) electrons. The molecule has 0 amide bonds. The van der Waals surface area contributed by atoms with E-state index >= 15 is 0 Å². The molecule has 0 aliphatic rings. The molecule has 0 saturated carbocycles. The highest BCUT2D eigenvalue weighted by atomic mass is 35.5. The lowest BCUT2D eigenvalue weighted by atomic mass is 10.1. The second-order valence-electron chi connectivity index (χ2n) is 4.07. The zero-order valence-corrected chi connectivity index (χ0v) is 11.5. The quantitative estimate of drug-likeness (QED) is 0.759. The molecule has 2 N–H and O–H groups in total. The molecular weight excluding hydrogens is 236 g/mol. The standard InChI is InChI=1S/C13H22N2O.ClH/c1-12-5-3-4-6-13(12)11-15(2)8-10-16-9-7-14;/h3-6H,7-11,14H2,1-2H3;1H. The van der Waals surface area contributed by atoms with Crippen LogP contribution in [0.25, 0.3) is 0 Å². The highest BCUT2D eigenvalue weighted by molar-refractivity contribution is 5.85. The van der Waals surface area contributed by atoms with Crippen LogP contribution in [0.5, 0.6) is 0 Å². The molecule has 0 unspecified atom stereocenters. The summed E-state index contributed by atoms with van der Waals surface area (Å²) in [5.74, 6) is 0. The van der Waals surface area contributed by atoms with Gasteiger partial charge in [-0.1, -0.05) is 24.3 Å². The van der Waals surface area contributed by atoms with E-state index in [2.05, 4.69) is 43.1 Å². The van der Waals surface area contributed by atoms with Crippen molar-refractivity contribution < 1.29 is 4.74 Å². The number of likely N-dealkylation sites (N-methyl/N-ethyl adjacent to an activating group) is 1. The van der Waals surface area contributed by atoms with Crippen LogP contribution in [0, 0.1) is 6.92 Å². The number of nitrogens with two attached hydrogens (primary N) is 1. The zero-order valence-electron chi connectivity index (χ0n) is 10.7. The number of halogens is 1. The Balaban J connectivity index is 0.00000256. The average Bonchev–Trinajstić information content (AvgIpc) is 2.28. The molecule has 4 heteroatoms. The molecule has 17 heavy (non-hydrogen) atoms. The maximum absolute atomic E-state index is 5.35. The van der Waals surface area contributed by atoms with Gasteiger partial charge in [-0.05, 0) is 25.1 Å². The van der Waals surface area contributed by atoms with Gasteiger partial charge in [-0.15, -0.1) is 12.4 Å². The third kappa shape index (κ3) is 6.64. The van der Waals surface area contributed by atoms with Gasteiger partial charge in [-0.2, -0.15) is 0 Å². The summed E-state index contributed by atoms with van der Waals surface area (Å²) in [7, 11) is 2.11. The van der Waals surface area contributed by atoms with Crippen LogP contribution >= 0.6 is 12.4 Å². The smallest absolute Gasteiger partial charge is 0.0594 e. The highest BCUT2D eigenvalue weighted by Gasteiger charge is 2.02. The minimum Gasteiger partial charge on any atom is -0.379 e. The van der Waals surface area contributed by atoms with Crippen molar-refractivity contribution in [2.45, 2.75) is 13.5 Å². The minimum atomic E-state index is 0. The number of ether oxygens (including phenoxy) is 1. The van der Waals surface area contributed by atoms with Gasteiger partial charge in [0.1, 0.15) is 0 Å². The predicted molar refractivity (Wildman–Crippen MR) is 74.6 cm³/mol. The predicted octanol–water partition coefficient (Wildman–Crippen LogP) is 1.82. The summed E-state index contributed by atoms with van der Waals surface area (Å²) >= 11 is 0. The first-order valence-electron chi connectivity index (χ1n) is 5.75. The van der Waals surface area contributed by atoms with Crippen molar-refractivity contribution in [3.63, 3.8) is 0 Å². The van der Waals surface area contributed by atoms with Gasteiger partial charge in [0.15, 0.2) is 0 Å². The molecule has 0 bridgehead atoms. The molecule has 0 aliphatic carbocycles. The van der Waals surface area contributed by atoms with E-state index in [0.717, 1.165) is 19.7 Å². The first kappa shape index (κ1) is 16.4. The number of hydrogen-bond donors (Lipinski definition) is 1. The summed E-state index contributed by atoms with van der Waals surface area (Å²) in [6.07, 6.45) is 0. The lowest BCUT2D eigenvalue weighted by Gasteiger charge is -2.17. The summed E-state index contributed by atoms with van der Waals surface area (Å²) < 4.78 is 5.35. The van der Waals surface area contributed by atoms with Gasteiger partial charge in [-0.3, -0.25) is 4.90 Å². The molecular formula is C13H23ClN2O. The van der Waals surface area contributed by atoms with E-state index in [9.17, 15) is 0 Å². The second kappa shape index (κ2) is 9.42. The first-order valence-corrected chi connectivity index (χ1v) is 5.75. The van der Waals surface area contributed by atoms with Crippen LogP contribution in [0.1, 0.15) is 11.1 Å². The van der Waals surface area contributed by atoms with Gasteiger partial charge < -0.3 is 10.5 Å². The Hall–Kier alpha value is -0.610. The third-order valence-electron chi connectivity index (χ3n) is 2.58. The fourth-order valence-corrected chi connectivity index (χ4v) is 1.56. The highest BCUT2D eigenvalue weighted by Crippen LogP contribution is 2.08. The van der Waals surface area contributed by atoms with Gasteiger partial charge in [-0.25, -0.2) is 0 Å². The van der Waals surface area contributed by atoms with E-state index in [4.69, 9.17) is 10.5 Å². The fraction of sp³-hybridized carbons (Fsp3) is 0.538. The molecule has 0 aliphatic heterocycles. The van der Waals surface area contributed by atoms with Crippen molar-refractivity contribution in [1.82, 2.24) is 4.90 Å². The molecule has 1 aromatic rings. The normalized spacial score (nSPS) is 10.4. The molecule has 0 fully saturated rings. The lowest BCUT2D eigenvalue weighted by Crippen LogP contribution is -2.24. The molecule has 3 nitrogen and oxygen atoms in total. The van der Waals surface area contributed by atoms with Crippen LogP contribution in [0.2, 0.25) is 0 Å². The Bertz CT molecular complexity index is 307. The van der Waals surface area contributed by atoms with E-state index in [0.29, 0.717) is 13.2 Å². The maximum atomic E-state index is 5.35. The second-order valence-corrected chi connectivity index (χ2v) is 4.07. The number of benzene rings is 1. The van der Waals surface area contributed by atoms with Crippen molar-refractivity contribution >= 4 is 12.4 Å². The molecule has 98 valence electrons. The molecule has 0 aromatic heterocycles. The Morgan fingerprint density at radius 1 is 1.24 bits per heavy atom. The summed E-state index contributed by atoms with van der Waals surface area (Å²) in [5.41, 5.74) is 8.07. The van der Waals surface area contributed by atoms with E-state index in [-0.39, 0.29) is 12.4 Å². The summed E-state index contributed by atoms with van der Waals surface area (Å²) in [4.78, 5) is 2.26. The molecule has 0 saturated heterocycles. The van der Waals surface area contributed by atoms with Gasteiger partial charge in [0, 0.05) is 19.6 Å². The topological polar surface area (TPSA) is 38.5 Å². The van der Waals surface area contributed by atoms with Crippen LogP contribution in [-0.2, 0) is 11.3 Å². The monoisotopic (exact) mass is 258 g/mol. The summed E-state index contributed by atoms with van der Waals surface area (Å²) in [6.45, 7) is 6.06. The Morgan fingerprint density at radius 3 is 2.59 bits per heavy atom. The maximum Gasteiger partial charge on any atom is 0.0594 e. The van der Waals surface area contributed by atoms with Gasteiger partial charge >= 0.3 is 0 Å². The first-order chi connectivity index (χ1) is 7.74. The lowest BCUT2D eigenvalue weighted by molar-refractivity contribution is 0.115. The van der Waals surface area contributed by atoms with Crippen molar-refractivity contribution in [2.75, 3.05) is 33.4 Å². The van der Waals surface area contributed by atoms with E-state index < -0.39 is 0 Å². The molecule has 0 spiro atoms. The third-order valence-corrected chi connectivity index (χ3v) is 2.58. The SMILES string of the molecule is Cc1ccccc1CN(C)CCOCCN.Cl. The molecule has 1 rings (SSSR count). The Labute approximate surface area is 110 Å². The van der Waals surface area contributed by atoms with Crippen molar-refractivity contribution in [3.05, 3.63) is 35.4 Å². The summed E-state index contributed by atoms with van der Waals surface area (Å²) in [6, 6.07) is 8.48. The van der Waals surface area contributed by atoms with E-state index in [1.165, 1.54) is 11.1 Å². The fourth-order valence-electron chi connectivity index (χ4n) is 1.56. The van der Waals surface area contributed by atoms with Gasteiger partial charge in [0.05, 0.1) is 13.2 Å². The summed E-state index contributed by atoms with van der Waals surface area (Å²) in [5, 5.41) is 0. The number of hydrogen-bond acceptors (Lipinski definition) is 3. The largest absolute Gasteiger partial charge is 0.379 e. The van der Waals surface area contributed by atoms with Crippen LogP contribution < -0.4 is 5.73 Å². The molecule has 1 aromatic carbocycles. The molecule has 0 atom stereocenters. The van der Waals surface area contributed by atoms with Crippen LogP contribution in [0.3, 0.4) is 0 Å². The van der Waals surface area contributed by atoms with Crippen molar-refractivity contribution in [3.8, 4) is 0 Å². The molecule has 0 heterocycles. The number of rotatable bonds is 7. The van der Waals surface area contributed by atoms with Crippen LogP contribution in [0.15, 0.2) is 24.3 Å². The van der Waals surface area contributed by atoms with E-state index in [1.807, 2.05) is 0 Å². The van der Waals surface area contributed by atoms with Crippen LogP contribution in [0.4, 0.5) is 0 Å². The Morgan fingerprint density at radius 2 is 1.94 bits per heavy atom. The minimum absolute atomic E-state index is 0. The van der Waals surface area contributed by atoms with Crippen LogP contribution in [-0.4, -0.2) is 38.3 Å².